The summed E-state index contributed by atoms with van der Waals surface area (Å²) in [7, 11) is 0. The zero-order valence-electron chi connectivity index (χ0n) is 16.4. The van der Waals surface area contributed by atoms with E-state index < -0.39 is 23.5 Å². The van der Waals surface area contributed by atoms with E-state index in [9.17, 15) is 26.3 Å². The number of pyridine rings is 1. The van der Waals surface area contributed by atoms with E-state index in [2.05, 4.69) is 4.98 Å². The Morgan fingerprint density at radius 1 is 0.469 bits per heavy atom. The molecule has 0 saturated heterocycles. The number of hydrogen-bond donors (Lipinski definition) is 0. The van der Waals surface area contributed by atoms with Crippen molar-refractivity contribution < 1.29 is 26.3 Å². The van der Waals surface area contributed by atoms with Gasteiger partial charge in [-0.15, -0.1) is 0 Å². The Balaban J connectivity index is 1.65. The van der Waals surface area contributed by atoms with Crippen molar-refractivity contribution in [2.45, 2.75) is 12.4 Å². The van der Waals surface area contributed by atoms with Crippen LogP contribution in [0.2, 0.25) is 0 Å². The number of rotatable bonds is 3. The van der Waals surface area contributed by atoms with Crippen LogP contribution in [0.3, 0.4) is 0 Å². The number of halogens is 6. The van der Waals surface area contributed by atoms with Gasteiger partial charge in [-0.05, 0) is 52.6 Å². The summed E-state index contributed by atoms with van der Waals surface area (Å²) < 4.78 is 78.7. The van der Waals surface area contributed by atoms with Crippen LogP contribution in [-0.4, -0.2) is 4.98 Å². The van der Waals surface area contributed by atoms with E-state index in [1.807, 2.05) is 42.5 Å². The van der Waals surface area contributed by atoms with Crippen molar-refractivity contribution in [3.05, 3.63) is 102 Å². The lowest BCUT2D eigenvalue weighted by Gasteiger charge is -2.14. The van der Waals surface area contributed by atoms with Gasteiger partial charge in [0.05, 0.1) is 16.8 Å². The summed E-state index contributed by atoms with van der Waals surface area (Å²) in [4.78, 5) is 4.29. The first-order valence-electron chi connectivity index (χ1n) is 9.53. The van der Waals surface area contributed by atoms with E-state index in [1.54, 1.807) is 18.3 Å². The third-order valence-corrected chi connectivity index (χ3v) is 4.98. The monoisotopic (exact) mass is 443 g/mol. The molecule has 0 unspecified atom stereocenters. The molecule has 4 rings (SSSR count). The molecule has 1 nitrogen and oxygen atoms in total. The predicted molar refractivity (Wildman–Crippen MR) is 111 cm³/mol. The van der Waals surface area contributed by atoms with Gasteiger partial charge < -0.3 is 0 Å². The zero-order chi connectivity index (χ0) is 22.9. The SMILES string of the molecule is FC(F)(F)c1cc(-c2ccc(-c3ccc(-c4ccccn4)cc3)cc2)cc(C(F)(F)F)c1. The molecule has 0 bridgehead atoms. The topological polar surface area (TPSA) is 12.9 Å². The highest BCUT2D eigenvalue weighted by Gasteiger charge is 2.37. The lowest BCUT2D eigenvalue weighted by molar-refractivity contribution is -0.143. The average molecular weight is 443 g/mol. The molecule has 0 amide bonds. The molecule has 3 aromatic carbocycles. The molecule has 0 N–H and O–H groups in total. The van der Waals surface area contributed by atoms with E-state index >= 15 is 0 Å². The van der Waals surface area contributed by atoms with Gasteiger partial charge in [0.1, 0.15) is 0 Å². The van der Waals surface area contributed by atoms with Crippen LogP contribution >= 0.6 is 0 Å². The summed E-state index contributed by atoms with van der Waals surface area (Å²) in [5, 5.41) is 0. The van der Waals surface area contributed by atoms with Gasteiger partial charge >= 0.3 is 12.4 Å². The first-order chi connectivity index (χ1) is 15.1. The Bertz CT molecular complexity index is 1180. The van der Waals surface area contributed by atoms with Crippen LogP contribution in [0, 0.1) is 0 Å². The minimum absolute atomic E-state index is 0.126. The Morgan fingerprint density at radius 3 is 1.31 bits per heavy atom. The highest BCUT2D eigenvalue weighted by molar-refractivity contribution is 5.73. The second-order valence-electron chi connectivity index (χ2n) is 7.16. The Morgan fingerprint density at radius 2 is 0.906 bits per heavy atom. The fourth-order valence-corrected chi connectivity index (χ4v) is 3.34. The summed E-state index contributed by atoms with van der Waals surface area (Å²) in [5.74, 6) is 0. The van der Waals surface area contributed by atoms with Crippen molar-refractivity contribution in [2.24, 2.45) is 0 Å². The van der Waals surface area contributed by atoms with Crippen LogP contribution in [0.4, 0.5) is 26.3 Å². The lowest BCUT2D eigenvalue weighted by atomic mass is 9.96. The van der Waals surface area contributed by atoms with Gasteiger partial charge in [0.2, 0.25) is 0 Å². The smallest absolute Gasteiger partial charge is 0.256 e. The van der Waals surface area contributed by atoms with E-state index in [0.29, 0.717) is 0 Å². The molecular formula is C25H15F6N. The highest BCUT2D eigenvalue weighted by Crippen LogP contribution is 2.39. The first kappa shape index (κ1) is 21.6. The lowest BCUT2D eigenvalue weighted by Crippen LogP contribution is -2.11. The summed E-state index contributed by atoms with van der Waals surface area (Å²) in [6.45, 7) is 0. The van der Waals surface area contributed by atoms with Crippen LogP contribution < -0.4 is 0 Å². The van der Waals surface area contributed by atoms with Crippen LogP contribution in [0.5, 0.6) is 0 Å². The molecule has 0 aliphatic rings. The Kier molecular flexibility index (Phi) is 5.50. The van der Waals surface area contributed by atoms with Gasteiger partial charge in [0.25, 0.3) is 0 Å². The third kappa shape index (κ3) is 4.66. The van der Waals surface area contributed by atoms with Gasteiger partial charge in [0.15, 0.2) is 0 Å². The molecular weight excluding hydrogens is 428 g/mol. The second kappa shape index (κ2) is 8.15. The molecule has 0 fully saturated rings. The molecule has 7 heteroatoms. The zero-order valence-corrected chi connectivity index (χ0v) is 16.4. The van der Waals surface area contributed by atoms with Crippen LogP contribution in [0.1, 0.15) is 11.1 Å². The summed E-state index contributed by atoms with van der Waals surface area (Å²) in [6, 6.07) is 21.1. The van der Waals surface area contributed by atoms with Crippen LogP contribution in [0.25, 0.3) is 33.5 Å². The maximum atomic E-state index is 13.1. The van der Waals surface area contributed by atoms with Crippen LogP contribution in [0.15, 0.2) is 91.1 Å². The van der Waals surface area contributed by atoms with Crippen molar-refractivity contribution >= 4 is 0 Å². The standard InChI is InChI=1S/C25H15F6N/c26-24(27,28)21-13-20(14-22(15-21)25(29,30)31)18-6-4-16(5-7-18)17-8-10-19(11-9-17)23-3-1-2-12-32-23/h1-15H. The predicted octanol–water partition coefficient (Wildman–Crippen LogP) is 8.12. The van der Waals surface area contributed by atoms with Gasteiger partial charge in [-0.3, -0.25) is 4.98 Å². The number of hydrogen-bond acceptors (Lipinski definition) is 1. The molecule has 4 aromatic rings. The molecule has 0 radical (unpaired) electrons. The highest BCUT2D eigenvalue weighted by atomic mass is 19.4. The summed E-state index contributed by atoms with van der Waals surface area (Å²) in [6.07, 6.45) is -8.07. The minimum Gasteiger partial charge on any atom is -0.256 e. The maximum Gasteiger partial charge on any atom is 0.416 e. The van der Waals surface area contributed by atoms with E-state index in [0.717, 1.165) is 34.5 Å². The fraction of sp³-hybridized carbons (Fsp3) is 0.0800. The van der Waals surface area contributed by atoms with Gasteiger partial charge in [-0.1, -0.05) is 54.6 Å². The normalized spacial score (nSPS) is 12.1. The van der Waals surface area contributed by atoms with E-state index in [-0.39, 0.29) is 17.2 Å². The van der Waals surface area contributed by atoms with E-state index in [4.69, 9.17) is 0 Å². The van der Waals surface area contributed by atoms with Crippen molar-refractivity contribution in [1.82, 2.24) is 4.98 Å². The van der Waals surface area contributed by atoms with E-state index in [1.165, 1.54) is 12.1 Å². The molecule has 0 spiro atoms. The van der Waals surface area contributed by atoms with Gasteiger partial charge in [-0.25, -0.2) is 0 Å². The minimum atomic E-state index is -4.88. The van der Waals surface area contributed by atoms with Gasteiger partial charge in [-0.2, -0.15) is 26.3 Å². The number of alkyl halides is 6. The average Bonchev–Trinajstić information content (AvgIpc) is 2.78. The maximum absolute atomic E-state index is 13.1. The quantitative estimate of drug-likeness (QED) is 0.291. The molecule has 0 aliphatic heterocycles. The molecule has 32 heavy (non-hydrogen) atoms. The Labute approximate surface area is 180 Å². The third-order valence-electron chi connectivity index (χ3n) is 4.98. The second-order valence-corrected chi connectivity index (χ2v) is 7.16. The van der Waals surface area contributed by atoms with Crippen molar-refractivity contribution in [2.75, 3.05) is 0 Å². The number of aromatic nitrogens is 1. The largest absolute Gasteiger partial charge is 0.416 e. The van der Waals surface area contributed by atoms with Crippen LogP contribution in [-0.2, 0) is 12.4 Å². The molecule has 0 saturated carbocycles. The molecule has 0 atom stereocenters. The Hall–Kier alpha value is -3.61. The molecule has 162 valence electrons. The number of nitrogens with zero attached hydrogens (tertiary/aromatic N) is 1. The van der Waals surface area contributed by atoms with Gasteiger partial charge in [0, 0.05) is 11.8 Å². The molecule has 0 aliphatic carbocycles. The summed E-state index contributed by atoms with van der Waals surface area (Å²) >= 11 is 0. The van der Waals surface area contributed by atoms with Crippen molar-refractivity contribution in [1.29, 1.82) is 0 Å². The van der Waals surface area contributed by atoms with Crippen molar-refractivity contribution in [3.63, 3.8) is 0 Å². The molecule has 1 heterocycles. The van der Waals surface area contributed by atoms with Crippen molar-refractivity contribution in [3.8, 4) is 33.5 Å². The fourth-order valence-electron chi connectivity index (χ4n) is 3.34. The summed E-state index contributed by atoms with van der Waals surface area (Å²) in [5.41, 5.74) is 0.822. The first-order valence-corrected chi connectivity index (χ1v) is 9.53. The number of benzene rings is 3. The molecule has 1 aromatic heterocycles.